The van der Waals surface area contributed by atoms with Crippen molar-refractivity contribution in [2.75, 3.05) is 13.2 Å². The van der Waals surface area contributed by atoms with Gasteiger partial charge in [-0.1, -0.05) is 55.4 Å². The van der Waals surface area contributed by atoms with E-state index < -0.39 is 38.2 Å². The van der Waals surface area contributed by atoms with Gasteiger partial charge >= 0.3 is 15.6 Å². The lowest BCUT2D eigenvalue weighted by molar-refractivity contribution is -0.0537. The van der Waals surface area contributed by atoms with Crippen LogP contribution in [0.15, 0.2) is 11.8 Å². The fourth-order valence-electron chi connectivity index (χ4n) is 3.37. The Hall–Kier alpha value is -0.366. The summed E-state index contributed by atoms with van der Waals surface area (Å²) in [5.74, 6) is -1.29. The first-order valence-electron chi connectivity index (χ1n) is 11.8. The zero-order chi connectivity index (χ0) is 27.1. The monoisotopic (exact) mass is 546 g/mol. The second-order valence-corrected chi connectivity index (χ2v) is 23.8. The smallest absolute Gasteiger partial charge is 0.417 e. The van der Waals surface area contributed by atoms with Crippen molar-refractivity contribution in [1.82, 2.24) is 0 Å². The standard InChI is InChI=1S/C23H45F3O5SSi2/c1-16-13-20(31-32(27,28)23(24,25)26)17(2)19(15-30-34(11,12)22(6,7)8)18(16)14-29-33(9,10)21(3,4)5/h13,16-19H,14-15H2,1-12H3/t16-,17-,18-,19+/m1/s1. The molecule has 5 nitrogen and oxygen atoms in total. The molecule has 0 bridgehead atoms. The second kappa shape index (κ2) is 10.2. The average molecular weight is 547 g/mol. The van der Waals surface area contributed by atoms with Gasteiger partial charge in [-0.25, -0.2) is 0 Å². The van der Waals surface area contributed by atoms with Crippen molar-refractivity contribution in [2.45, 2.75) is 97.2 Å². The molecule has 0 unspecified atom stereocenters. The molecule has 4 atom stereocenters. The van der Waals surface area contributed by atoms with Gasteiger partial charge in [-0.3, -0.25) is 0 Å². The van der Waals surface area contributed by atoms with Gasteiger partial charge in [0, 0.05) is 19.1 Å². The third-order valence-electron chi connectivity index (χ3n) is 8.12. The van der Waals surface area contributed by atoms with Crippen LogP contribution in [0.2, 0.25) is 36.3 Å². The van der Waals surface area contributed by atoms with Gasteiger partial charge in [-0.2, -0.15) is 21.6 Å². The van der Waals surface area contributed by atoms with Gasteiger partial charge in [-0.15, -0.1) is 0 Å². The number of alkyl halides is 3. The molecule has 0 saturated carbocycles. The summed E-state index contributed by atoms with van der Waals surface area (Å²) in [5, 5.41) is -0.0347. The highest BCUT2D eigenvalue weighted by atomic mass is 32.2. The Bertz CT molecular complexity index is 840. The molecule has 34 heavy (non-hydrogen) atoms. The lowest BCUT2D eigenvalue weighted by atomic mass is 9.71. The largest absolute Gasteiger partial charge is 0.534 e. The maximum absolute atomic E-state index is 13.0. The summed E-state index contributed by atoms with van der Waals surface area (Å²) in [7, 11) is -9.96. The van der Waals surface area contributed by atoms with Crippen molar-refractivity contribution in [3.8, 4) is 0 Å². The molecule has 0 fully saturated rings. The Balaban J connectivity index is 3.31. The highest BCUT2D eigenvalue weighted by Gasteiger charge is 2.51. The first-order chi connectivity index (χ1) is 14.8. The van der Waals surface area contributed by atoms with E-state index in [1.807, 2.05) is 6.92 Å². The summed E-state index contributed by atoms with van der Waals surface area (Å²) in [6.07, 6.45) is 1.51. The first-order valence-corrected chi connectivity index (χ1v) is 19.1. The third-order valence-corrected chi connectivity index (χ3v) is 18.1. The summed E-state index contributed by atoms with van der Waals surface area (Å²) in [5.41, 5.74) is -5.48. The lowest BCUT2D eigenvalue weighted by Crippen LogP contribution is -2.48. The van der Waals surface area contributed by atoms with Crippen LogP contribution in [-0.4, -0.2) is 43.8 Å². The number of halogens is 3. The average Bonchev–Trinajstić information content (AvgIpc) is 2.59. The third kappa shape index (κ3) is 7.33. The van der Waals surface area contributed by atoms with Crippen LogP contribution in [0.1, 0.15) is 55.4 Å². The summed E-state index contributed by atoms with van der Waals surface area (Å²) >= 11 is 0. The fourth-order valence-corrected chi connectivity index (χ4v) is 6.01. The van der Waals surface area contributed by atoms with Crippen LogP contribution < -0.4 is 0 Å². The first kappa shape index (κ1) is 31.7. The van der Waals surface area contributed by atoms with E-state index in [9.17, 15) is 21.6 Å². The molecule has 11 heteroatoms. The molecule has 0 aromatic heterocycles. The number of hydrogen-bond donors (Lipinski definition) is 0. The van der Waals surface area contributed by atoms with E-state index in [2.05, 4.69) is 71.9 Å². The zero-order valence-electron chi connectivity index (χ0n) is 22.9. The zero-order valence-corrected chi connectivity index (χ0v) is 25.7. The molecular formula is C23H45F3O5SSi2. The molecule has 1 aliphatic rings. The second-order valence-electron chi connectivity index (χ2n) is 12.7. The summed E-state index contributed by atoms with van der Waals surface area (Å²) in [6, 6.07) is 0. The number of allylic oxidation sites excluding steroid dienone is 2. The summed E-state index contributed by atoms with van der Waals surface area (Å²) < 4.78 is 80.1. The molecule has 0 spiro atoms. The maximum Gasteiger partial charge on any atom is 0.534 e. The van der Waals surface area contributed by atoms with Crippen LogP contribution in [-0.2, 0) is 23.2 Å². The van der Waals surface area contributed by atoms with Gasteiger partial charge in [0.1, 0.15) is 5.76 Å². The molecule has 0 aromatic carbocycles. The van der Waals surface area contributed by atoms with E-state index >= 15 is 0 Å². The highest BCUT2D eigenvalue weighted by molar-refractivity contribution is 7.87. The van der Waals surface area contributed by atoms with Crippen LogP contribution in [0, 0.1) is 23.7 Å². The topological polar surface area (TPSA) is 61.8 Å². The van der Waals surface area contributed by atoms with Gasteiger partial charge < -0.3 is 13.0 Å². The molecule has 0 N–H and O–H groups in total. The molecule has 0 aliphatic heterocycles. The summed E-state index contributed by atoms with van der Waals surface area (Å²) in [4.78, 5) is 0. The van der Waals surface area contributed by atoms with Crippen LogP contribution in [0.3, 0.4) is 0 Å². The van der Waals surface area contributed by atoms with E-state index in [1.54, 1.807) is 6.92 Å². The van der Waals surface area contributed by atoms with Crippen molar-refractivity contribution in [1.29, 1.82) is 0 Å². The molecular weight excluding hydrogens is 501 g/mol. The fraction of sp³-hybridized carbons (Fsp3) is 0.913. The summed E-state index contributed by atoms with van der Waals surface area (Å²) in [6.45, 7) is 25.7. The van der Waals surface area contributed by atoms with E-state index in [0.717, 1.165) is 0 Å². The molecule has 0 saturated heterocycles. The van der Waals surface area contributed by atoms with Gasteiger partial charge in [0.2, 0.25) is 0 Å². The Morgan fingerprint density at radius 1 is 0.824 bits per heavy atom. The quantitative estimate of drug-likeness (QED) is 0.182. The van der Waals surface area contributed by atoms with Gasteiger partial charge in [0.05, 0.1) is 0 Å². The Kier molecular flexibility index (Phi) is 9.48. The van der Waals surface area contributed by atoms with Crippen molar-refractivity contribution in [3.05, 3.63) is 11.8 Å². The SMILES string of the molecule is C[C@@H]1C=C(OS(=O)(=O)C(F)(F)F)[C@H](C)[C@H](CO[Si](C)(C)C(C)(C)C)[C@@H]1CO[Si](C)(C)C(C)(C)C. The van der Waals surface area contributed by atoms with Gasteiger partial charge in [0.15, 0.2) is 16.6 Å². The van der Waals surface area contributed by atoms with Crippen LogP contribution >= 0.6 is 0 Å². The van der Waals surface area contributed by atoms with E-state index in [4.69, 9.17) is 8.85 Å². The van der Waals surface area contributed by atoms with Crippen molar-refractivity contribution in [3.63, 3.8) is 0 Å². The minimum atomic E-state index is -5.74. The van der Waals surface area contributed by atoms with Crippen molar-refractivity contribution in [2.24, 2.45) is 23.7 Å². The van der Waals surface area contributed by atoms with Crippen LogP contribution in [0.5, 0.6) is 0 Å². The van der Waals surface area contributed by atoms with Gasteiger partial charge in [-0.05, 0) is 60.1 Å². The van der Waals surface area contributed by atoms with E-state index in [0.29, 0.717) is 13.2 Å². The van der Waals surface area contributed by atoms with Crippen molar-refractivity contribution >= 4 is 26.8 Å². The van der Waals surface area contributed by atoms with Crippen LogP contribution in [0.4, 0.5) is 13.2 Å². The predicted molar refractivity (Wildman–Crippen MR) is 136 cm³/mol. The Labute approximate surface area is 207 Å². The number of hydrogen-bond acceptors (Lipinski definition) is 5. The Morgan fingerprint density at radius 2 is 1.21 bits per heavy atom. The molecule has 1 aliphatic carbocycles. The molecule has 0 radical (unpaired) electrons. The lowest BCUT2D eigenvalue weighted by Gasteiger charge is -2.44. The highest BCUT2D eigenvalue weighted by Crippen LogP contribution is 2.45. The Morgan fingerprint density at radius 3 is 1.56 bits per heavy atom. The van der Waals surface area contributed by atoms with Crippen molar-refractivity contribution < 1.29 is 34.6 Å². The van der Waals surface area contributed by atoms with E-state index in [-0.39, 0.29) is 33.6 Å². The molecule has 0 heterocycles. The minimum Gasteiger partial charge on any atom is -0.417 e. The minimum absolute atomic E-state index is 0.00849. The molecule has 202 valence electrons. The molecule has 0 aromatic rings. The molecule has 0 amide bonds. The maximum atomic E-state index is 13.0. The van der Waals surface area contributed by atoms with Gasteiger partial charge in [0.25, 0.3) is 0 Å². The molecule has 1 rings (SSSR count). The van der Waals surface area contributed by atoms with E-state index in [1.165, 1.54) is 6.08 Å². The number of rotatable bonds is 8. The predicted octanol–water partition coefficient (Wildman–Crippen LogP) is 7.30. The normalized spacial score (nSPS) is 25.8. The van der Waals surface area contributed by atoms with Crippen LogP contribution in [0.25, 0.3) is 0 Å².